The third kappa shape index (κ3) is 1.58. The normalized spacial score (nSPS) is 40.4. The lowest BCUT2D eigenvalue weighted by molar-refractivity contribution is -0.212. The van der Waals surface area contributed by atoms with Crippen molar-refractivity contribution in [1.29, 1.82) is 0 Å². The first-order valence-electron chi connectivity index (χ1n) is 5.88. The van der Waals surface area contributed by atoms with Gasteiger partial charge in [-0.1, -0.05) is 77.1 Å². The molecule has 0 radical (unpaired) electrons. The Kier molecular flexibility index (Phi) is 4.51. The standard InChI is InChI=1S/C12H14Br4O3/c1-4-5-6-9(17)11(16)8(14)7(13)10(6,15)12(11,18-2)19-3/h6H,4-5H2,1-3H3/t6-,10-,11-/m1/s1. The summed E-state index contributed by atoms with van der Waals surface area (Å²) >= 11 is 14.4. The van der Waals surface area contributed by atoms with Crippen molar-refractivity contribution in [2.45, 2.75) is 34.2 Å². The van der Waals surface area contributed by atoms with Crippen molar-refractivity contribution in [1.82, 2.24) is 0 Å². The summed E-state index contributed by atoms with van der Waals surface area (Å²) in [5.41, 5.74) is 0. The van der Waals surface area contributed by atoms with E-state index in [0.717, 1.165) is 21.8 Å². The van der Waals surface area contributed by atoms with Crippen LogP contribution in [0.2, 0.25) is 0 Å². The molecule has 2 bridgehead atoms. The lowest BCUT2D eigenvalue weighted by Gasteiger charge is -2.41. The molecule has 3 atom stereocenters. The van der Waals surface area contributed by atoms with Gasteiger partial charge in [0.05, 0.1) is 0 Å². The average molecular weight is 526 g/mol. The fourth-order valence-corrected chi connectivity index (χ4v) is 7.97. The second kappa shape index (κ2) is 5.16. The molecule has 1 saturated carbocycles. The van der Waals surface area contributed by atoms with E-state index in [1.807, 2.05) is 0 Å². The highest BCUT2D eigenvalue weighted by atomic mass is 79.9. The number of ether oxygens (including phenoxy) is 2. The number of carbonyl (C=O) groups is 1. The molecule has 0 spiro atoms. The summed E-state index contributed by atoms with van der Waals surface area (Å²) in [4.78, 5) is 12.9. The molecule has 2 aliphatic rings. The van der Waals surface area contributed by atoms with Crippen LogP contribution in [0.1, 0.15) is 19.8 Å². The molecule has 0 heterocycles. The van der Waals surface area contributed by atoms with Crippen LogP contribution in [0.5, 0.6) is 0 Å². The molecule has 0 unspecified atom stereocenters. The first-order valence-corrected chi connectivity index (χ1v) is 9.05. The Labute approximate surface area is 146 Å². The monoisotopic (exact) mass is 522 g/mol. The van der Waals surface area contributed by atoms with Crippen LogP contribution >= 0.6 is 63.7 Å². The van der Waals surface area contributed by atoms with Crippen molar-refractivity contribution in [2.75, 3.05) is 14.2 Å². The van der Waals surface area contributed by atoms with Gasteiger partial charge in [-0.05, 0) is 6.42 Å². The Balaban J connectivity index is 2.74. The summed E-state index contributed by atoms with van der Waals surface area (Å²) in [6.07, 6.45) is 1.68. The maximum atomic E-state index is 12.9. The number of rotatable bonds is 4. The number of ketones is 1. The van der Waals surface area contributed by atoms with Crippen molar-refractivity contribution in [2.24, 2.45) is 5.92 Å². The van der Waals surface area contributed by atoms with Crippen LogP contribution in [0.3, 0.4) is 0 Å². The van der Waals surface area contributed by atoms with Crippen molar-refractivity contribution < 1.29 is 14.3 Å². The first kappa shape index (κ1) is 16.6. The molecule has 0 amide bonds. The van der Waals surface area contributed by atoms with Crippen LogP contribution in [0.15, 0.2) is 8.96 Å². The van der Waals surface area contributed by atoms with Gasteiger partial charge in [0.2, 0.25) is 5.79 Å². The molecule has 2 rings (SSSR count). The summed E-state index contributed by atoms with van der Waals surface area (Å²) in [5.74, 6) is -1.26. The van der Waals surface area contributed by atoms with Crippen LogP contribution in [-0.4, -0.2) is 34.4 Å². The predicted octanol–water partition coefficient (Wildman–Crippen LogP) is 4.26. The summed E-state index contributed by atoms with van der Waals surface area (Å²) in [7, 11) is 3.12. The number of carbonyl (C=O) groups excluding carboxylic acids is 1. The third-order valence-electron chi connectivity index (χ3n) is 4.04. The molecular weight excluding hydrogens is 512 g/mol. The zero-order valence-corrected chi connectivity index (χ0v) is 17.1. The number of methoxy groups -OCH3 is 2. The van der Waals surface area contributed by atoms with Crippen LogP contribution in [0.4, 0.5) is 0 Å². The topological polar surface area (TPSA) is 35.5 Å². The van der Waals surface area contributed by atoms with Crippen LogP contribution in [0, 0.1) is 5.92 Å². The van der Waals surface area contributed by atoms with Crippen molar-refractivity contribution in [3.8, 4) is 0 Å². The molecule has 2 aliphatic carbocycles. The van der Waals surface area contributed by atoms with E-state index >= 15 is 0 Å². The molecule has 7 heteroatoms. The van der Waals surface area contributed by atoms with Gasteiger partial charge < -0.3 is 9.47 Å². The Morgan fingerprint density at radius 3 is 2.05 bits per heavy atom. The maximum Gasteiger partial charge on any atom is 0.216 e. The number of Topliss-reactive ketones (excluding diaryl/α,β-unsaturated/α-hetero) is 1. The number of fused-ring (bicyclic) bond motifs is 2. The van der Waals surface area contributed by atoms with Gasteiger partial charge in [0.25, 0.3) is 0 Å². The van der Waals surface area contributed by atoms with Crippen LogP contribution < -0.4 is 0 Å². The minimum Gasteiger partial charge on any atom is -0.350 e. The van der Waals surface area contributed by atoms with E-state index in [0.29, 0.717) is 0 Å². The highest BCUT2D eigenvalue weighted by molar-refractivity contribution is 9.16. The quantitative estimate of drug-likeness (QED) is 0.407. The molecule has 0 aliphatic heterocycles. The maximum absolute atomic E-state index is 12.9. The van der Waals surface area contributed by atoms with Gasteiger partial charge in [0.15, 0.2) is 10.1 Å². The van der Waals surface area contributed by atoms with Gasteiger partial charge in [-0.25, -0.2) is 0 Å². The van der Waals surface area contributed by atoms with Crippen LogP contribution in [-0.2, 0) is 14.3 Å². The summed E-state index contributed by atoms with van der Waals surface area (Å²) in [5, 5.41) is 0. The fourth-order valence-electron chi connectivity index (χ4n) is 3.20. The summed E-state index contributed by atoms with van der Waals surface area (Å²) in [6.45, 7) is 2.06. The molecule has 0 aromatic rings. The Morgan fingerprint density at radius 1 is 1.16 bits per heavy atom. The molecule has 0 aromatic carbocycles. The Morgan fingerprint density at radius 2 is 1.68 bits per heavy atom. The first-order chi connectivity index (χ1) is 8.79. The largest absolute Gasteiger partial charge is 0.350 e. The molecule has 19 heavy (non-hydrogen) atoms. The number of alkyl halides is 2. The second-order valence-corrected chi connectivity index (χ2v) is 8.75. The van der Waals surface area contributed by atoms with E-state index in [1.165, 1.54) is 0 Å². The highest BCUT2D eigenvalue weighted by Gasteiger charge is 2.83. The van der Waals surface area contributed by atoms with Gasteiger partial charge in [-0.3, -0.25) is 4.79 Å². The number of halogens is 4. The molecule has 1 fully saturated rings. The van der Waals surface area contributed by atoms with E-state index in [1.54, 1.807) is 14.2 Å². The predicted molar refractivity (Wildman–Crippen MR) is 88.4 cm³/mol. The zero-order chi connectivity index (χ0) is 14.6. The SMILES string of the molecule is CCC[C@@H]1C(=O)[C@]2(Br)C(Br)=C(Br)[C@@]1(Br)C2(OC)OC. The third-order valence-corrected chi connectivity index (χ3v) is 10.4. The molecule has 3 nitrogen and oxygen atoms in total. The van der Waals surface area contributed by atoms with E-state index in [-0.39, 0.29) is 11.7 Å². The highest BCUT2D eigenvalue weighted by Crippen LogP contribution is 2.72. The number of hydrogen-bond acceptors (Lipinski definition) is 3. The summed E-state index contributed by atoms with van der Waals surface area (Å²) in [6, 6.07) is 0. The second-order valence-electron chi connectivity index (χ2n) is 4.73. The molecule has 0 saturated heterocycles. The molecular formula is C12H14Br4O3. The van der Waals surface area contributed by atoms with E-state index in [9.17, 15) is 4.79 Å². The van der Waals surface area contributed by atoms with Crippen molar-refractivity contribution >= 4 is 69.5 Å². The fraction of sp³-hybridized carbons (Fsp3) is 0.750. The zero-order valence-electron chi connectivity index (χ0n) is 10.7. The smallest absolute Gasteiger partial charge is 0.216 e. The van der Waals surface area contributed by atoms with Crippen molar-refractivity contribution in [3.63, 3.8) is 0 Å². The van der Waals surface area contributed by atoms with Gasteiger partial charge in [0, 0.05) is 29.1 Å². The Bertz CT molecular complexity index is 460. The summed E-state index contributed by atoms with van der Waals surface area (Å²) < 4.78 is 11.2. The molecule has 0 N–H and O–H groups in total. The molecule has 108 valence electrons. The lowest BCUT2D eigenvalue weighted by atomic mass is 9.87. The number of hydrogen-bond donors (Lipinski definition) is 0. The van der Waals surface area contributed by atoms with Gasteiger partial charge in [-0.15, -0.1) is 0 Å². The van der Waals surface area contributed by atoms with Crippen LogP contribution in [0.25, 0.3) is 0 Å². The van der Waals surface area contributed by atoms with Gasteiger partial charge in [0.1, 0.15) is 4.32 Å². The van der Waals surface area contributed by atoms with Gasteiger partial charge >= 0.3 is 0 Å². The lowest BCUT2D eigenvalue weighted by Crippen LogP contribution is -2.57. The molecule has 0 aromatic heterocycles. The van der Waals surface area contributed by atoms with Gasteiger partial charge in [-0.2, -0.15) is 0 Å². The van der Waals surface area contributed by atoms with E-state index < -0.39 is 14.4 Å². The van der Waals surface area contributed by atoms with E-state index in [4.69, 9.17) is 9.47 Å². The Hall–Kier alpha value is 1.25. The minimum absolute atomic E-state index is 0.0741. The minimum atomic E-state index is -1.12. The van der Waals surface area contributed by atoms with E-state index in [2.05, 4.69) is 70.6 Å². The average Bonchev–Trinajstić information content (AvgIpc) is 2.63. The van der Waals surface area contributed by atoms with Crippen molar-refractivity contribution in [3.05, 3.63) is 8.96 Å².